The first-order chi connectivity index (χ1) is 9.35. The summed E-state index contributed by atoms with van der Waals surface area (Å²) >= 11 is 0. The van der Waals surface area contributed by atoms with Gasteiger partial charge < -0.3 is 14.8 Å². The van der Waals surface area contributed by atoms with Crippen molar-refractivity contribution in [1.29, 1.82) is 0 Å². The average Bonchev–Trinajstić information content (AvgIpc) is 2.93. The van der Waals surface area contributed by atoms with Gasteiger partial charge in [-0.2, -0.15) is 0 Å². The van der Waals surface area contributed by atoms with E-state index in [0.717, 1.165) is 0 Å². The van der Waals surface area contributed by atoms with Crippen molar-refractivity contribution in [2.45, 2.75) is 19.4 Å². The van der Waals surface area contributed by atoms with Crippen molar-refractivity contribution >= 4 is 21.7 Å². The lowest BCUT2D eigenvalue weighted by atomic mass is 10.1. The van der Waals surface area contributed by atoms with Gasteiger partial charge in [-0.15, -0.1) is 0 Å². The number of aromatic carboxylic acids is 1. The van der Waals surface area contributed by atoms with Crippen LogP contribution in [0, 0.1) is 5.92 Å². The molecular weight excluding hydrogens is 286 g/mol. The van der Waals surface area contributed by atoms with Crippen LogP contribution in [0.2, 0.25) is 0 Å². The number of amides is 1. The third-order valence-electron chi connectivity index (χ3n) is 3.13. The first kappa shape index (κ1) is 14.6. The van der Waals surface area contributed by atoms with Crippen molar-refractivity contribution in [3.8, 4) is 0 Å². The predicted octanol–water partition coefficient (Wildman–Crippen LogP) is 0.419. The molecule has 1 aliphatic rings. The molecule has 2 rings (SSSR count). The Morgan fingerprint density at radius 1 is 1.40 bits per heavy atom. The van der Waals surface area contributed by atoms with Gasteiger partial charge in [-0.05, 0) is 24.5 Å². The van der Waals surface area contributed by atoms with E-state index in [1.165, 1.54) is 12.1 Å². The van der Waals surface area contributed by atoms with Gasteiger partial charge in [-0.25, -0.2) is 13.2 Å². The highest BCUT2D eigenvalue weighted by Gasteiger charge is 2.29. The molecule has 0 aliphatic carbocycles. The van der Waals surface area contributed by atoms with Crippen molar-refractivity contribution < 1.29 is 27.5 Å². The van der Waals surface area contributed by atoms with Gasteiger partial charge in [0.05, 0.1) is 18.1 Å². The summed E-state index contributed by atoms with van der Waals surface area (Å²) in [4.78, 5) is 22.3. The molecule has 0 bridgehead atoms. The molecule has 1 aromatic rings. The first-order valence-corrected chi connectivity index (χ1v) is 7.97. The summed E-state index contributed by atoms with van der Waals surface area (Å²) in [5.41, 5.74) is 0. The number of carboxylic acid groups (broad SMARTS) is 1. The van der Waals surface area contributed by atoms with Crippen molar-refractivity contribution in [2.24, 2.45) is 5.92 Å². The molecule has 20 heavy (non-hydrogen) atoms. The van der Waals surface area contributed by atoms with Crippen molar-refractivity contribution in [3.63, 3.8) is 0 Å². The zero-order valence-corrected chi connectivity index (χ0v) is 11.5. The number of hydrogen-bond donors (Lipinski definition) is 2. The van der Waals surface area contributed by atoms with Crippen molar-refractivity contribution in [2.75, 3.05) is 11.5 Å². The van der Waals surface area contributed by atoms with E-state index in [2.05, 4.69) is 5.32 Å². The zero-order valence-electron chi connectivity index (χ0n) is 10.7. The number of carboxylic acids is 1. The summed E-state index contributed by atoms with van der Waals surface area (Å²) in [6.45, 7) is 0.0889. The summed E-state index contributed by atoms with van der Waals surface area (Å²) in [7, 11) is -2.98. The number of carbonyl (C=O) groups is 2. The van der Waals surface area contributed by atoms with E-state index in [1.54, 1.807) is 0 Å². The molecule has 0 saturated carbocycles. The number of rotatable bonds is 5. The molecule has 2 N–H and O–H groups in total. The Balaban J connectivity index is 1.79. The highest BCUT2D eigenvalue weighted by Crippen LogP contribution is 2.21. The molecule has 1 amide bonds. The van der Waals surface area contributed by atoms with Crippen LogP contribution in [-0.4, -0.2) is 36.9 Å². The molecule has 1 atom stereocenters. The normalized spacial score (nSPS) is 20.7. The summed E-state index contributed by atoms with van der Waals surface area (Å²) in [6.07, 6.45) is 0.672. The average molecular weight is 301 g/mol. The summed E-state index contributed by atoms with van der Waals surface area (Å²) in [6, 6.07) is 2.79. The van der Waals surface area contributed by atoms with Crippen LogP contribution in [0.3, 0.4) is 0 Å². The Kier molecular flexibility index (Phi) is 4.12. The fourth-order valence-electron chi connectivity index (χ4n) is 2.14. The van der Waals surface area contributed by atoms with E-state index in [0.29, 0.717) is 12.2 Å². The van der Waals surface area contributed by atoms with Gasteiger partial charge >= 0.3 is 5.97 Å². The highest BCUT2D eigenvalue weighted by atomic mass is 32.2. The maximum Gasteiger partial charge on any atom is 0.371 e. The molecule has 1 saturated heterocycles. The number of carbonyl (C=O) groups excluding carboxylic acids is 1. The molecule has 1 unspecified atom stereocenters. The minimum atomic E-state index is -2.98. The van der Waals surface area contributed by atoms with Gasteiger partial charge in [0.1, 0.15) is 5.76 Å². The van der Waals surface area contributed by atoms with Crippen LogP contribution < -0.4 is 5.32 Å². The largest absolute Gasteiger partial charge is 0.475 e. The number of furan rings is 1. The molecule has 0 radical (unpaired) electrons. The van der Waals surface area contributed by atoms with E-state index in [9.17, 15) is 18.0 Å². The maximum atomic E-state index is 11.7. The van der Waals surface area contributed by atoms with E-state index < -0.39 is 15.8 Å². The van der Waals surface area contributed by atoms with Gasteiger partial charge in [-0.3, -0.25) is 4.79 Å². The topological polar surface area (TPSA) is 114 Å². The third-order valence-corrected chi connectivity index (χ3v) is 4.97. The molecule has 110 valence electrons. The van der Waals surface area contributed by atoms with Crippen LogP contribution in [0.25, 0.3) is 0 Å². The van der Waals surface area contributed by atoms with Crippen LogP contribution in [-0.2, 0) is 21.2 Å². The zero-order chi connectivity index (χ0) is 14.8. The fraction of sp³-hybridized carbons (Fsp3) is 0.500. The Morgan fingerprint density at radius 3 is 2.70 bits per heavy atom. The molecule has 1 aliphatic heterocycles. The van der Waals surface area contributed by atoms with Gasteiger partial charge in [0.2, 0.25) is 11.7 Å². The highest BCUT2D eigenvalue weighted by molar-refractivity contribution is 7.91. The summed E-state index contributed by atoms with van der Waals surface area (Å²) < 4.78 is 27.5. The predicted molar refractivity (Wildman–Crippen MR) is 68.9 cm³/mol. The van der Waals surface area contributed by atoms with Crippen LogP contribution in [0.15, 0.2) is 16.5 Å². The molecule has 7 nitrogen and oxygen atoms in total. The number of hydrogen-bond acceptors (Lipinski definition) is 5. The molecular formula is C12H15NO6S. The molecule has 2 heterocycles. The lowest BCUT2D eigenvalue weighted by Gasteiger charge is -2.07. The molecule has 1 aromatic heterocycles. The van der Waals surface area contributed by atoms with Crippen LogP contribution in [0.4, 0.5) is 0 Å². The van der Waals surface area contributed by atoms with Gasteiger partial charge in [0.15, 0.2) is 9.84 Å². The van der Waals surface area contributed by atoms with Gasteiger partial charge in [0.25, 0.3) is 0 Å². The Morgan fingerprint density at radius 2 is 2.15 bits per heavy atom. The second-order valence-corrected chi connectivity index (χ2v) is 7.05. The van der Waals surface area contributed by atoms with Crippen molar-refractivity contribution in [3.05, 3.63) is 23.7 Å². The van der Waals surface area contributed by atoms with Crippen molar-refractivity contribution in [1.82, 2.24) is 5.32 Å². The Hall–Kier alpha value is -1.83. The SMILES string of the molecule is O=C(CC1CCS(=O)(=O)C1)NCc1ccc(C(=O)O)o1. The second kappa shape index (κ2) is 5.66. The first-order valence-electron chi connectivity index (χ1n) is 6.15. The minimum absolute atomic E-state index is 0.0599. The summed E-state index contributed by atoms with van der Waals surface area (Å²) in [5, 5.41) is 11.3. The van der Waals surface area contributed by atoms with E-state index in [1.807, 2.05) is 0 Å². The standard InChI is InChI=1S/C12H15NO6S/c14-11(5-8-3-4-20(17,18)7-8)13-6-9-1-2-10(19-9)12(15)16/h1-2,8H,3-7H2,(H,13,14)(H,15,16). The van der Waals surface area contributed by atoms with E-state index in [-0.39, 0.29) is 42.1 Å². The summed E-state index contributed by atoms with van der Waals surface area (Å²) in [5.74, 6) is -1.20. The maximum absolute atomic E-state index is 11.7. The Bertz CT molecular complexity index is 618. The second-order valence-electron chi connectivity index (χ2n) is 4.82. The quantitative estimate of drug-likeness (QED) is 0.814. The van der Waals surface area contributed by atoms with Crippen LogP contribution in [0.1, 0.15) is 29.2 Å². The Labute approximate surface area is 115 Å². The van der Waals surface area contributed by atoms with Crippen LogP contribution in [0.5, 0.6) is 0 Å². The van der Waals surface area contributed by atoms with Gasteiger partial charge in [0, 0.05) is 6.42 Å². The smallest absolute Gasteiger partial charge is 0.371 e. The molecule has 0 spiro atoms. The monoisotopic (exact) mass is 301 g/mol. The van der Waals surface area contributed by atoms with Gasteiger partial charge in [-0.1, -0.05) is 0 Å². The third kappa shape index (κ3) is 3.83. The number of sulfone groups is 1. The fourth-order valence-corrected chi connectivity index (χ4v) is 4.00. The lowest BCUT2D eigenvalue weighted by Crippen LogP contribution is -2.25. The molecule has 8 heteroatoms. The molecule has 1 fully saturated rings. The molecule has 0 aromatic carbocycles. The minimum Gasteiger partial charge on any atom is -0.475 e. The lowest BCUT2D eigenvalue weighted by molar-refractivity contribution is -0.122. The van der Waals surface area contributed by atoms with E-state index in [4.69, 9.17) is 9.52 Å². The van der Waals surface area contributed by atoms with E-state index >= 15 is 0 Å². The number of nitrogens with one attached hydrogen (secondary N) is 1. The van der Waals surface area contributed by atoms with Crippen LogP contribution >= 0.6 is 0 Å².